The van der Waals surface area contributed by atoms with E-state index in [9.17, 15) is 0 Å². The van der Waals surface area contributed by atoms with Crippen LogP contribution in [0.3, 0.4) is 0 Å². The van der Waals surface area contributed by atoms with E-state index in [0.717, 1.165) is 18.9 Å². The Morgan fingerprint density at radius 3 is 2.26 bits per heavy atom. The van der Waals surface area contributed by atoms with E-state index in [0.29, 0.717) is 11.9 Å². The van der Waals surface area contributed by atoms with E-state index in [4.69, 9.17) is 5.73 Å². The second-order valence-electron chi connectivity index (χ2n) is 5.37. The molecular weight excluding hydrogens is 240 g/mol. The van der Waals surface area contributed by atoms with Gasteiger partial charge in [0.05, 0.1) is 6.04 Å². The smallest absolute Gasteiger partial charge is 0.229 e. The Morgan fingerprint density at radius 2 is 1.68 bits per heavy atom. The van der Waals surface area contributed by atoms with Gasteiger partial charge in [0.1, 0.15) is 0 Å². The van der Waals surface area contributed by atoms with Crippen molar-refractivity contribution in [2.75, 3.05) is 37.8 Å². The molecule has 1 atom stereocenters. The van der Waals surface area contributed by atoms with Crippen molar-refractivity contribution >= 4 is 11.9 Å². The van der Waals surface area contributed by atoms with E-state index >= 15 is 0 Å². The number of hydrogen-bond acceptors (Lipinski definition) is 6. The summed E-state index contributed by atoms with van der Waals surface area (Å²) in [5.41, 5.74) is 5.79. The minimum atomic E-state index is 0.196. The van der Waals surface area contributed by atoms with Gasteiger partial charge < -0.3 is 10.6 Å². The molecule has 1 aromatic rings. The molecule has 1 aromatic heterocycles. The third-order valence-corrected chi connectivity index (χ3v) is 3.62. The molecule has 0 bridgehead atoms. The average Bonchev–Trinajstić information content (AvgIpc) is 2.65. The maximum absolute atomic E-state index is 5.79. The van der Waals surface area contributed by atoms with E-state index in [1.807, 2.05) is 19.0 Å². The van der Waals surface area contributed by atoms with Gasteiger partial charge in [0.15, 0.2) is 5.82 Å². The molecule has 0 spiro atoms. The molecule has 2 rings (SSSR count). The van der Waals surface area contributed by atoms with Crippen LogP contribution in [0.2, 0.25) is 0 Å². The zero-order valence-corrected chi connectivity index (χ0v) is 12.1. The summed E-state index contributed by atoms with van der Waals surface area (Å²) in [6.45, 7) is 4.38. The van der Waals surface area contributed by atoms with Gasteiger partial charge in [0.25, 0.3) is 0 Å². The molecule has 106 valence electrons. The summed E-state index contributed by atoms with van der Waals surface area (Å²) in [7, 11) is 3.82. The summed E-state index contributed by atoms with van der Waals surface area (Å²) >= 11 is 0. The van der Waals surface area contributed by atoms with Gasteiger partial charge in [-0.2, -0.15) is 15.0 Å². The van der Waals surface area contributed by atoms with Crippen molar-refractivity contribution in [1.29, 1.82) is 0 Å². The minimum Gasteiger partial charge on any atom is -0.368 e. The van der Waals surface area contributed by atoms with E-state index < -0.39 is 0 Å². The minimum absolute atomic E-state index is 0.196. The number of nitrogens with two attached hydrogens (primary N) is 1. The number of anilines is 2. The number of hydrogen-bond donors (Lipinski definition) is 1. The quantitative estimate of drug-likeness (QED) is 0.891. The van der Waals surface area contributed by atoms with Crippen molar-refractivity contribution in [3.63, 3.8) is 0 Å². The van der Waals surface area contributed by atoms with Gasteiger partial charge in [-0.1, -0.05) is 12.8 Å². The number of likely N-dealkylation sites (tertiary alicyclic amines) is 1. The van der Waals surface area contributed by atoms with Gasteiger partial charge in [-0.3, -0.25) is 4.90 Å². The SMILES string of the molecule is C[C@H](c1nc(N)nc(N(C)C)n1)N1CCCCCC1. The van der Waals surface area contributed by atoms with Crippen LogP contribution in [-0.4, -0.2) is 47.0 Å². The lowest BCUT2D eigenvalue weighted by molar-refractivity contribution is 0.211. The summed E-state index contributed by atoms with van der Waals surface area (Å²) in [4.78, 5) is 17.3. The lowest BCUT2D eigenvalue weighted by Gasteiger charge is -2.26. The highest BCUT2D eigenvalue weighted by atomic mass is 15.3. The van der Waals surface area contributed by atoms with Crippen molar-refractivity contribution in [3.8, 4) is 0 Å². The van der Waals surface area contributed by atoms with Crippen LogP contribution >= 0.6 is 0 Å². The standard InChI is InChI=1S/C13H24N6/c1-10(19-8-6-4-5-7-9-19)11-15-12(14)17-13(16-11)18(2)3/h10H,4-9H2,1-3H3,(H2,14,15,16,17)/t10-/m1/s1. The molecule has 2 heterocycles. The highest BCUT2D eigenvalue weighted by Gasteiger charge is 2.21. The zero-order chi connectivity index (χ0) is 13.8. The monoisotopic (exact) mass is 264 g/mol. The maximum atomic E-state index is 5.79. The summed E-state index contributed by atoms with van der Waals surface area (Å²) in [6.07, 6.45) is 5.16. The fourth-order valence-corrected chi connectivity index (χ4v) is 2.43. The molecule has 1 fully saturated rings. The molecule has 0 aliphatic carbocycles. The van der Waals surface area contributed by atoms with Crippen LogP contribution in [0.1, 0.15) is 44.5 Å². The Labute approximate surface area is 115 Å². The summed E-state index contributed by atoms with van der Waals surface area (Å²) in [6, 6.07) is 0.196. The normalized spacial score (nSPS) is 18.9. The fraction of sp³-hybridized carbons (Fsp3) is 0.769. The second-order valence-corrected chi connectivity index (χ2v) is 5.37. The third-order valence-electron chi connectivity index (χ3n) is 3.62. The van der Waals surface area contributed by atoms with Crippen molar-refractivity contribution in [3.05, 3.63) is 5.82 Å². The lowest BCUT2D eigenvalue weighted by Crippen LogP contribution is -2.30. The molecule has 6 nitrogen and oxygen atoms in total. The van der Waals surface area contributed by atoms with Crippen molar-refractivity contribution in [1.82, 2.24) is 19.9 Å². The Balaban J connectivity index is 2.19. The van der Waals surface area contributed by atoms with Crippen LogP contribution in [0.15, 0.2) is 0 Å². The first-order valence-corrected chi connectivity index (χ1v) is 7.01. The molecular formula is C13H24N6. The highest BCUT2D eigenvalue weighted by Crippen LogP contribution is 2.22. The Hall–Kier alpha value is -1.43. The highest BCUT2D eigenvalue weighted by molar-refractivity contribution is 5.33. The first-order valence-electron chi connectivity index (χ1n) is 7.01. The van der Waals surface area contributed by atoms with Gasteiger partial charge in [-0.15, -0.1) is 0 Å². The van der Waals surface area contributed by atoms with E-state index in [2.05, 4.69) is 26.8 Å². The molecule has 0 amide bonds. The van der Waals surface area contributed by atoms with E-state index in [-0.39, 0.29) is 6.04 Å². The fourth-order valence-electron chi connectivity index (χ4n) is 2.43. The van der Waals surface area contributed by atoms with Crippen LogP contribution < -0.4 is 10.6 Å². The molecule has 1 saturated heterocycles. The first-order chi connectivity index (χ1) is 9.08. The lowest BCUT2D eigenvalue weighted by atomic mass is 10.2. The van der Waals surface area contributed by atoms with Gasteiger partial charge in [-0.05, 0) is 32.9 Å². The number of rotatable bonds is 3. The summed E-state index contributed by atoms with van der Waals surface area (Å²) in [5, 5.41) is 0. The van der Waals surface area contributed by atoms with Crippen molar-refractivity contribution < 1.29 is 0 Å². The zero-order valence-electron chi connectivity index (χ0n) is 12.1. The van der Waals surface area contributed by atoms with Crippen LogP contribution in [0.4, 0.5) is 11.9 Å². The predicted octanol–water partition coefficient (Wildman–Crippen LogP) is 1.46. The van der Waals surface area contributed by atoms with Gasteiger partial charge in [0, 0.05) is 14.1 Å². The molecule has 0 unspecified atom stereocenters. The number of nitrogen functional groups attached to an aromatic ring is 1. The maximum Gasteiger partial charge on any atom is 0.229 e. The van der Waals surface area contributed by atoms with Gasteiger partial charge in [0.2, 0.25) is 11.9 Å². The Morgan fingerprint density at radius 1 is 1.05 bits per heavy atom. The van der Waals surface area contributed by atoms with Crippen molar-refractivity contribution in [2.24, 2.45) is 0 Å². The van der Waals surface area contributed by atoms with Gasteiger partial charge in [-0.25, -0.2) is 0 Å². The average molecular weight is 264 g/mol. The largest absolute Gasteiger partial charge is 0.368 e. The third kappa shape index (κ3) is 3.53. The Kier molecular flexibility index (Phi) is 4.52. The molecule has 1 aliphatic heterocycles. The first kappa shape index (κ1) is 14.0. The molecule has 0 aromatic carbocycles. The summed E-state index contributed by atoms with van der Waals surface area (Å²) in [5.74, 6) is 1.71. The van der Waals surface area contributed by atoms with E-state index in [1.54, 1.807) is 0 Å². The second kappa shape index (κ2) is 6.14. The van der Waals surface area contributed by atoms with Crippen molar-refractivity contribution in [2.45, 2.75) is 38.6 Å². The van der Waals surface area contributed by atoms with Crippen LogP contribution in [-0.2, 0) is 0 Å². The molecule has 0 radical (unpaired) electrons. The topological polar surface area (TPSA) is 71.2 Å². The number of nitrogens with zero attached hydrogens (tertiary/aromatic N) is 5. The number of aromatic nitrogens is 3. The predicted molar refractivity (Wildman–Crippen MR) is 77.0 cm³/mol. The van der Waals surface area contributed by atoms with Crippen LogP contribution in [0.5, 0.6) is 0 Å². The van der Waals surface area contributed by atoms with Crippen LogP contribution in [0, 0.1) is 0 Å². The molecule has 6 heteroatoms. The molecule has 2 N–H and O–H groups in total. The van der Waals surface area contributed by atoms with Crippen LogP contribution in [0.25, 0.3) is 0 Å². The summed E-state index contributed by atoms with van der Waals surface area (Å²) < 4.78 is 0. The van der Waals surface area contributed by atoms with Gasteiger partial charge >= 0.3 is 0 Å². The molecule has 1 aliphatic rings. The van der Waals surface area contributed by atoms with E-state index in [1.165, 1.54) is 25.7 Å². The molecule has 0 saturated carbocycles. The molecule has 19 heavy (non-hydrogen) atoms. The Bertz CT molecular complexity index is 412.